The van der Waals surface area contributed by atoms with Crippen molar-refractivity contribution in [2.24, 2.45) is 0 Å². The zero-order valence-corrected chi connectivity index (χ0v) is 14.9. The minimum absolute atomic E-state index is 0.264. The minimum atomic E-state index is -0.479. The Bertz CT molecular complexity index is 814. The molecule has 0 aliphatic heterocycles. The van der Waals surface area contributed by atoms with E-state index in [2.05, 4.69) is 5.32 Å². The second-order valence-electron chi connectivity index (χ2n) is 5.20. The maximum atomic E-state index is 12.2. The predicted octanol–water partition coefficient (Wildman–Crippen LogP) is 3.53. The third-order valence-corrected chi connectivity index (χ3v) is 3.52. The molecule has 26 heavy (non-hydrogen) atoms. The molecule has 0 saturated carbocycles. The average Bonchev–Trinajstić information content (AvgIpc) is 2.66. The summed E-state index contributed by atoms with van der Waals surface area (Å²) in [6.07, 6.45) is 3.02. The second kappa shape index (κ2) is 9.27. The van der Waals surface area contributed by atoms with Gasteiger partial charge in [-0.3, -0.25) is 4.79 Å². The van der Waals surface area contributed by atoms with Gasteiger partial charge in [-0.15, -0.1) is 0 Å². The Balaban J connectivity index is 2.12. The summed E-state index contributed by atoms with van der Waals surface area (Å²) in [5, 5.41) is 2.69. The Morgan fingerprint density at radius 1 is 1.04 bits per heavy atom. The molecule has 6 heteroatoms. The quantitative estimate of drug-likeness (QED) is 0.607. The first kappa shape index (κ1) is 19.1. The van der Waals surface area contributed by atoms with Gasteiger partial charge in [0, 0.05) is 6.08 Å². The molecular weight excluding hydrogens is 334 g/mol. The normalized spacial score (nSPS) is 10.4. The molecule has 0 bridgehead atoms. The molecule has 0 aliphatic carbocycles. The number of ether oxygens (including phenoxy) is 3. The largest absolute Gasteiger partial charge is 0.493 e. The van der Waals surface area contributed by atoms with Gasteiger partial charge in [-0.1, -0.05) is 18.2 Å². The van der Waals surface area contributed by atoms with E-state index in [4.69, 9.17) is 14.2 Å². The summed E-state index contributed by atoms with van der Waals surface area (Å²) in [5.74, 6) is 0.337. The van der Waals surface area contributed by atoms with Crippen LogP contribution in [0.4, 0.5) is 5.69 Å². The number of rotatable bonds is 7. The summed E-state index contributed by atoms with van der Waals surface area (Å²) < 4.78 is 15.4. The SMILES string of the molecule is CCOC(=O)c1ccccc1NC(=O)/C=C\c1ccc(OC)c(OC)c1. The lowest BCUT2D eigenvalue weighted by Gasteiger charge is -2.09. The van der Waals surface area contributed by atoms with Crippen molar-refractivity contribution in [3.8, 4) is 11.5 Å². The number of hydrogen-bond acceptors (Lipinski definition) is 5. The molecule has 2 rings (SSSR count). The van der Waals surface area contributed by atoms with Crippen molar-refractivity contribution >= 4 is 23.6 Å². The lowest BCUT2D eigenvalue weighted by Crippen LogP contribution is -2.13. The van der Waals surface area contributed by atoms with E-state index in [0.717, 1.165) is 5.56 Å². The number of carbonyl (C=O) groups is 2. The third kappa shape index (κ3) is 4.86. The van der Waals surface area contributed by atoms with Gasteiger partial charge < -0.3 is 19.5 Å². The van der Waals surface area contributed by atoms with Gasteiger partial charge in [0.2, 0.25) is 5.91 Å². The molecule has 2 aromatic rings. The van der Waals surface area contributed by atoms with Crippen molar-refractivity contribution in [1.29, 1.82) is 0 Å². The van der Waals surface area contributed by atoms with Gasteiger partial charge in [0.25, 0.3) is 0 Å². The van der Waals surface area contributed by atoms with Crippen LogP contribution in [0.25, 0.3) is 6.08 Å². The molecule has 0 heterocycles. The smallest absolute Gasteiger partial charge is 0.340 e. The zero-order chi connectivity index (χ0) is 18.9. The van der Waals surface area contributed by atoms with E-state index in [1.165, 1.54) is 6.08 Å². The van der Waals surface area contributed by atoms with Gasteiger partial charge in [0.15, 0.2) is 11.5 Å². The molecule has 0 atom stereocenters. The summed E-state index contributed by atoms with van der Waals surface area (Å²) in [6, 6.07) is 12.0. The molecule has 0 aliphatic rings. The Labute approximate surface area is 152 Å². The first-order chi connectivity index (χ1) is 12.6. The number of anilines is 1. The van der Waals surface area contributed by atoms with Gasteiger partial charge in [0.05, 0.1) is 32.1 Å². The number of nitrogens with one attached hydrogen (secondary N) is 1. The van der Waals surface area contributed by atoms with E-state index in [0.29, 0.717) is 22.7 Å². The van der Waals surface area contributed by atoms with Crippen molar-refractivity contribution in [1.82, 2.24) is 0 Å². The van der Waals surface area contributed by atoms with Crippen LogP contribution in [0.2, 0.25) is 0 Å². The fraction of sp³-hybridized carbons (Fsp3) is 0.200. The highest BCUT2D eigenvalue weighted by molar-refractivity contribution is 6.06. The van der Waals surface area contributed by atoms with Crippen LogP contribution in [0, 0.1) is 0 Å². The van der Waals surface area contributed by atoms with Crippen LogP contribution in [-0.2, 0) is 9.53 Å². The van der Waals surface area contributed by atoms with E-state index >= 15 is 0 Å². The molecule has 2 aromatic carbocycles. The molecule has 0 spiro atoms. The number of benzene rings is 2. The highest BCUT2D eigenvalue weighted by Gasteiger charge is 2.12. The lowest BCUT2D eigenvalue weighted by atomic mass is 10.1. The molecule has 0 fully saturated rings. The monoisotopic (exact) mass is 355 g/mol. The summed E-state index contributed by atoms with van der Waals surface area (Å²) in [5.41, 5.74) is 1.48. The first-order valence-corrected chi connectivity index (χ1v) is 8.06. The van der Waals surface area contributed by atoms with Crippen molar-refractivity contribution in [2.75, 3.05) is 26.1 Å². The summed E-state index contributed by atoms with van der Waals surface area (Å²) in [7, 11) is 3.10. The van der Waals surface area contributed by atoms with E-state index in [9.17, 15) is 9.59 Å². The highest BCUT2D eigenvalue weighted by atomic mass is 16.5. The molecule has 0 saturated heterocycles. The molecule has 136 valence electrons. The summed E-state index contributed by atoms with van der Waals surface area (Å²) >= 11 is 0. The molecule has 6 nitrogen and oxygen atoms in total. The fourth-order valence-corrected chi connectivity index (χ4v) is 2.28. The van der Waals surface area contributed by atoms with Crippen molar-refractivity contribution in [3.05, 3.63) is 59.7 Å². The van der Waals surface area contributed by atoms with Gasteiger partial charge in [-0.05, 0) is 42.8 Å². The third-order valence-electron chi connectivity index (χ3n) is 3.52. The number of methoxy groups -OCH3 is 2. The van der Waals surface area contributed by atoms with E-state index in [1.54, 1.807) is 69.7 Å². The lowest BCUT2D eigenvalue weighted by molar-refractivity contribution is -0.111. The Morgan fingerprint density at radius 3 is 2.46 bits per heavy atom. The molecule has 1 amide bonds. The molecule has 0 radical (unpaired) electrons. The highest BCUT2D eigenvalue weighted by Crippen LogP contribution is 2.28. The number of carbonyl (C=O) groups excluding carboxylic acids is 2. The molecule has 1 N–H and O–H groups in total. The second-order valence-corrected chi connectivity index (χ2v) is 5.20. The first-order valence-electron chi connectivity index (χ1n) is 8.06. The summed E-state index contributed by atoms with van der Waals surface area (Å²) in [4.78, 5) is 24.1. The van der Waals surface area contributed by atoms with Crippen LogP contribution in [0.3, 0.4) is 0 Å². The number of para-hydroxylation sites is 1. The van der Waals surface area contributed by atoms with Crippen LogP contribution in [0.1, 0.15) is 22.8 Å². The minimum Gasteiger partial charge on any atom is -0.493 e. The average molecular weight is 355 g/mol. The topological polar surface area (TPSA) is 73.9 Å². The maximum absolute atomic E-state index is 12.2. The van der Waals surface area contributed by atoms with Gasteiger partial charge >= 0.3 is 5.97 Å². The standard InChI is InChI=1S/C20H21NO5/c1-4-26-20(23)15-7-5-6-8-16(15)21-19(22)12-10-14-9-11-17(24-2)18(13-14)25-3/h5-13H,4H2,1-3H3,(H,21,22)/b12-10-. The van der Waals surface area contributed by atoms with Crippen LogP contribution in [0.15, 0.2) is 48.5 Å². The Kier molecular flexibility index (Phi) is 6.79. The van der Waals surface area contributed by atoms with E-state index < -0.39 is 5.97 Å². The van der Waals surface area contributed by atoms with E-state index in [1.807, 2.05) is 0 Å². The van der Waals surface area contributed by atoms with Crippen molar-refractivity contribution in [2.45, 2.75) is 6.92 Å². The Morgan fingerprint density at radius 2 is 1.77 bits per heavy atom. The van der Waals surface area contributed by atoms with Crippen LogP contribution in [0.5, 0.6) is 11.5 Å². The Hall–Kier alpha value is -3.28. The van der Waals surface area contributed by atoms with Crippen LogP contribution in [-0.4, -0.2) is 32.7 Å². The maximum Gasteiger partial charge on any atom is 0.340 e. The number of esters is 1. The fourth-order valence-electron chi connectivity index (χ4n) is 2.28. The van der Waals surface area contributed by atoms with E-state index in [-0.39, 0.29) is 12.5 Å². The predicted molar refractivity (Wildman–Crippen MR) is 99.6 cm³/mol. The van der Waals surface area contributed by atoms with Crippen LogP contribution < -0.4 is 14.8 Å². The zero-order valence-electron chi connectivity index (χ0n) is 14.9. The van der Waals surface area contributed by atoms with Crippen molar-refractivity contribution < 1.29 is 23.8 Å². The molecular formula is C20H21NO5. The number of hydrogen-bond donors (Lipinski definition) is 1. The van der Waals surface area contributed by atoms with Gasteiger partial charge in [-0.2, -0.15) is 0 Å². The summed E-state index contributed by atoms with van der Waals surface area (Å²) in [6.45, 7) is 1.99. The van der Waals surface area contributed by atoms with Gasteiger partial charge in [0.1, 0.15) is 0 Å². The van der Waals surface area contributed by atoms with Crippen LogP contribution >= 0.6 is 0 Å². The molecule has 0 unspecified atom stereocenters. The molecule has 0 aromatic heterocycles. The number of amides is 1. The van der Waals surface area contributed by atoms with Crippen molar-refractivity contribution in [3.63, 3.8) is 0 Å². The van der Waals surface area contributed by atoms with Gasteiger partial charge in [-0.25, -0.2) is 4.79 Å².